The molecule has 1 N–H and O–H groups in total. The van der Waals surface area contributed by atoms with Gasteiger partial charge in [0.15, 0.2) is 0 Å². The molecular formula is C13H28N2. The molecule has 0 unspecified atom stereocenters. The monoisotopic (exact) mass is 212 g/mol. The Morgan fingerprint density at radius 1 is 1.33 bits per heavy atom. The summed E-state index contributed by atoms with van der Waals surface area (Å²) in [5.74, 6) is 0. The highest BCUT2D eigenvalue weighted by Gasteiger charge is 1.99. The van der Waals surface area contributed by atoms with Crippen LogP contribution >= 0.6 is 0 Å². The standard InChI is InChI=1S/C13H28N2/c1-12(2)8-6-9-13(3)14-10-7-11-15(4)5/h8,13-14H,6-7,9-11H2,1-5H3/t13-/m0/s1. The third-order valence-corrected chi connectivity index (χ3v) is 2.43. The summed E-state index contributed by atoms with van der Waals surface area (Å²) in [5, 5.41) is 3.56. The Bertz CT molecular complexity index is 169. The summed E-state index contributed by atoms with van der Waals surface area (Å²) >= 11 is 0. The molecule has 0 spiro atoms. The average Bonchev–Trinajstić information content (AvgIpc) is 2.11. The number of allylic oxidation sites excluding steroid dienone is 2. The highest BCUT2D eigenvalue weighted by molar-refractivity contribution is 4.93. The molecule has 0 aromatic heterocycles. The van der Waals surface area contributed by atoms with Crippen LogP contribution in [-0.4, -0.2) is 38.1 Å². The fourth-order valence-electron chi connectivity index (χ4n) is 1.47. The summed E-state index contributed by atoms with van der Waals surface area (Å²) < 4.78 is 0. The Labute approximate surface area is 95.7 Å². The van der Waals surface area contributed by atoms with Gasteiger partial charge in [0.1, 0.15) is 0 Å². The smallest absolute Gasteiger partial charge is 0.00416 e. The van der Waals surface area contributed by atoms with Crippen LogP contribution in [0.3, 0.4) is 0 Å². The maximum Gasteiger partial charge on any atom is 0.00416 e. The molecule has 0 radical (unpaired) electrons. The van der Waals surface area contributed by atoms with Gasteiger partial charge in [-0.2, -0.15) is 0 Å². The first kappa shape index (κ1) is 14.7. The van der Waals surface area contributed by atoms with Crippen molar-refractivity contribution >= 4 is 0 Å². The largest absolute Gasteiger partial charge is 0.314 e. The molecular weight excluding hydrogens is 184 g/mol. The van der Waals surface area contributed by atoms with E-state index in [0.717, 1.165) is 6.54 Å². The maximum absolute atomic E-state index is 3.56. The lowest BCUT2D eigenvalue weighted by atomic mass is 10.1. The van der Waals surface area contributed by atoms with Crippen LogP contribution in [-0.2, 0) is 0 Å². The molecule has 0 aliphatic carbocycles. The van der Waals surface area contributed by atoms with E-state index in [9.17, 15) is 0 Å². The first-order chi connectivity index (χ1) is 7.02. The Morgan fingerprint density at radius 2 is 2.00 bits per heavy atom. The topological polar surface area (TPSA) is 15.3 Å². The summed E-state index contributed by atoms with van der Waals surface area (Å²) in [6.07, 6.45) is 6.00. The molecule has 0 saturated carbocycles. The van der Waals surface area contributed by atoms with E-state index in [2.05, 4.69) is 51.2 Å². The van der Waals surface area contributed by atoms with Crippen LogP contribution in [0.4, 0.5) is 0 Å². The molecule has 0 fully saturated rings. The quantitative estimate of drug-likeness (QED) is 0.491. The number of hydrogen-bond donors (Lipinski definition) is 1. The number of rotatable bonds is 8. The van der Waals surface area contributed by atoms with Gasteiger partial charge >= 0.3 is 0 Å². The van der Waals surface area contributed by atoms with Gasteiger partial charge in [-0.1, -0.05) is 11.6 Å². The Morgan fingerprint density at radius 3 is 2.53 bits per heavy atom. The van der Waals surface area contributed by atoms with E-state index >= 15 is 0 Å². The maximum atomic E-state index is 3.56. The predicted octanol–water partition coefficient (Wildman–Crippen LogP) is 2.66. The van der Waals surface area contributed by atoms with E-state index in [1.165, 1.54) is 31.4 Å². The van der Waals surface area contributed by atoms with Crippen LogP contribution in [0.25, 0.3) is 0 Å². The molecule has 0 aliphatic heterocycles. The minimum absolute atomic E-state index is 0.641. The van der Waals surface area contributed by atoms with Gasteiger partial charge in [0.05, 0.1) is 0 Å². The van der Waals surface area contributed by atoms with Gasteiger partial charge in [-0.25, -0.2) is 0 Å². The normalized spacial score (nSPS) is 12.9. The predicted molar refractivity (Wildman–Crippen MR) is 69.3 cm³/mol. The summed E-state index contributed by atoms with van der Waals surface area (Å²) in [4.78, 5) is 2.23. The molecule has 0 aliphatic rings. The summed E-state index contributed by atoms with van der Waals surface area (Å²) in [7, 11) is 4.25. The first-order valence-corrected chi connectivity index (χ1v) is 6.04. The van der Waals surface area contributed by atoms with Crippen LogP contribution in [0.2, 0.25) is 0 Å². The van der Waals surface area contributed by atoms with Gasteiger partial charge in [0.2, 0.25) is 0 Å². The second-order valence-electron chi connectivity index (χ2n) is 4.87. The van der Waals surface area contributed by atoms with Crippen molar-refractivity contribution in [1.82, 2.24) is 10.2 Å². The van der Waals surface area contributed by atoms with Crippen molar-refractivity contribution in [2.75, 3.05) is 27.2 Å². The van der Waals surface area contributed by atoms with E-state index in [4.69, 9.17) is 0 Å². The summed E-state index contributed by atoms with van der Waals surface area (Å²) in [6, 6.07) is 0.641. The van der Waals surface area contributed by atoms with Crippen LogP contribution in [0.5, 0.6) is 0 Å². The van der Waals surface area contributed by atoms with E-state index in [0.29, 0.717) is 6.04 Å². The first-order valence-electron chi connectivity index (χ1n) is 6.04. The van der Waals surface area contributed by atoms with Gasteiger partial charge < -0.3 is 10.2 Å². The van der Waals surface area contributed by atoms with Gasteiger partial charge in [-0.05, 0) is 67.2 Å². The van der Waals surface area contributed by atoms with Crippen molar-refractivity contribution < 1.29 is 0 Å². The molecule has 15 heavy (non-hydrogen) atoms. The highest BCUT2D eigenvalue weighted by Crippen LogP contribution is 2.01. The zero-order chi connectivity index (χ0) is 11.7. The number of nitrogens with zero attached hydrogens (tertiary/aromatic N) is 1. The van der Waals surface area contributed by atoms with Gasteiger partial charge in [-0.15, -0.1) is 0 Å². The fraction of sp³-hybridized carbons (Fsp3) is 0.846. The Kier molecular flexibility index (Phi) is 8.73. The molecule has 2 nitrogen and oxygen atoms in total. The van der Waals surface area contributed by atoms with Crippen LogP contribution in [0.15, 0.2) is 11.6 Å². The molecule has 0 aromatic rings. The molecule has 90 valence electrons. The summed E-state index contributed by atoms with van der Waals surface area (Å²) in [6.45, 7) is 8.90. The second kappa shape index (κ2) is 8.93. The molecule has 0 heterocycles. The molecule has 0 amide bonds. The lowest BCUT2D eigenvalue weighted by Gasteiger charge is -2.14. The van der Waals surface area contributed by atoms with Crippen molar-refractivity contribution in [3.8, 4) is 0 Å². The molecule has 2 heteroatoms. The van der Waals surface area contributed by atoms with Crippen LogP contribution in [0.1, 0.15) is 40.0 Å². The molecule has 0 saturated heterocycles. The average molecular weight is 212 g/mol. The zero-order valence-electron chi connectivity index (χ0n) is 11.1. The number of hydrogen-bond acceptors (Lipinski definition) is 2. The molecule has 0 bridgehead atoms. The van der Waals surface area contributed by atoms with E-state index in [1.54, 1.807) is 0 Å². The third-order valence-electron chi connectivity index (χ3n) is 2.43. The van der Waals surface area contributed by atoms with E-state index in [1.807, 2.05) is 0 Å². The van der Waals surface area contributed by atoms with Crippen LogP contribution in [0, 0.1) is 0 Å². The van der Waals surface area contributed by atoms with Gasteiger partial charge in [0, 0.05) is 6.04 Å². The number of nitrogens with one attached hydrogen (secondary N) is 1. The lowest BCUT2D eigenvalue weighted by molar-refractivity contribution is 0.386. The van der Waals surface area contributed by atoms with Crippen molar-refractivity contribution in [2.45, 2.75) is 46.1 Å². The third kappa shape index (κ3) is 11.6. The molecule has 0 rings (SSSR count). The van der Waals surface area contributed by atoms with Crippen molar-refractivity contribution in [1.29, 1.82) is 0 Å². The minimum atomic E-state index is 0.641. The summed E-state index contributed by atoms with van der Waals surface area (Å²) in [5.41, 5.74) is 1.43. The minimum Gasteiger partial charge on any atom is -0.314 e. The Hall–Kier alpha value is -0.340. The van der Waals surface area contributed by atoms with E-state index in [-0.39, 0.29) is 0 Å². The molecule has 0 aromatic carbocycles. The lowest BCUT2D eigenvalue weighted by Crippen LogP contribution is -2.28. The van der Waals surface area contributed by atoms with Gasteiger partial charge in [0.25, 0.3) is 0 Å². The van der Waals surface area contributed by atoms with Crippen molar-refractivity contribution in [2.24, 2.45) is 0 Å². The SMILES string of the molecule is CC(C)=CCC[C@H](C)NCCCN(C)C. The van der Waals surface area contributed by atoms with Crippen molar-refractivity contribution in [3.05, 3.63) is 11.6 Å². The zero-order valence-corrected chi connectivity index (χ0v) is 11.1. The highest BCUT2D eigenvalue weighted by atomic mass is 15.1. The second-order valence-corrected chi connectivity index (χ2v) is 4.87. The Balaban J connectivity index is 3.33. The fourth-order valence-corrected chi connectivity index (χ4v) is 1.47. The van der Waals surface area contributed by atoms with Crippen molar-refractivity contribution in [3.63, 3.8) is 0 Å². The van der Waals surface area contributed by atoms with Gasteiger partial charge in [-0.3, -0.25) is 0 Å². The van der Waals surface area contributed by atoms with Crippen LogP contribution < -0.4 is 5.32 Å². The van der Waals surface area contributed by atoms with E-state index < -0.39 is 0 Å². The molecule has 1 atom stereocenters.